The lowest BCUT2D eigenvalue weighted by molar-refractivity contribution is -0.183. The van der Waals surface area contributed by atoms with Crippen molar-refractivity contribution in [1.82, 2.24) is 14.9 Å². The number of rotatable bonds is 3. The summed E-state index contributed by atoms with van der Waals surface area (Å²) >= 11 is 0. The molecular weight excluding hydrogens is 330 g/mol. The largest absolute Gasteiger partial charge is 0.396 e. The van der Waals surface area contributed by atoms with Crippen LogP contribution >= 0.6 is 0 Å². The number of allylic oxidation sites excluding steroid dienone is 1. The zero-order valence-electron chi connectivity index (χ0n) is 14.2. The smallest absolute Gasteiger partial charge is 0.345 e. The number of aliphatic hydroxyl groups excluding tert-OH is 1. The van der Waals surface area contributed by atoms with E-state index in [1.165, 1.54) is 23.4 Å². The van der Waals surface area contributed by atoms with Crippen molar-refractivity contribution in [1.29, 1.82) is 0 Å². The number of aliphatic hydroxyl groups is 1. The highest BCUT2D eigenvalue weighted by Gasteiger charge is 2.53. The van der Waals surface area contributed by atoms with Crippen LogP contribution in [0.2, 0.25) is 0 Å². The Hall–Kier alpha value is -1.93. The van der Waals surface area contributed by atoms with Crippen LogP contribution in [0.4, 0.5) is 8.78 Å². The van der Waals surface area contributed by atoms with Crippen molar-refractivity contribution in [2.75, 3.05) is 13.1 Å². The monoisotopic (exact) mass is 352 g/mol. The first-order chi connectivity index (χ1) is 11.6. The van der Waals surface area contributed by atoms with E-state index in [9.17, 15) is 18.7 Å². The Morgan fingerprint density at radius 3 is 2.60 bits per heavy atom. The third-order valence-corrected chi connectivity index (χ3v) is 5.08. The molecule has 1 spiro atoms. The highest BCUT2D eigenvalue weighted by molar-refractivity contribution is 5.99. The Morgan fingerprint density at radius 1 is 1.36 bits per heavy atom. The molecule has 1 saturated heterocycles. The quantitative estimate of drug-likeness (QED) is 0.855. The topological polar surface area (TPSA) is 92.3 Å². The van der Waals surface area contributed by atoms with Crippen molar-refractivity contribution in [3.05, 3.63) is 36.1 Å². The number of ketones is 1. The van der Waals surface area contributed by atoms with Gasteiger partial charge in [0.15, 0.2) is 12.0 Å². The van der Waals surface area contributed by atoms with E-state index in [0.29, 0.717) is 12.8 Å². The molecule has 3 rings (SSSR count). The van der Waals surface area contributed by atoms with E-state index >= 15 is 0 Å². The molecule has 1 fully saturated rings. The molecule has 1 aliphatic heterocycles. The highest BCUT2D eigenvalue weighted by Crippen LogP contribution is 2.48. The fraction of sp³-hybridized carbons (Fsp3) is 0.588. The van der Waals surface area contributed by atoms with E-state index in [-0.39, 0.29) is 24.6 Å². The van der Waals surface area contributed by atoms with Crippen molar-refractivity contribution >= 4 is 5.78 Å². The second kappa shape index (κ2) is 5.81. The molecule has 0 aromatic carbocycles. The maximum absolute atomic E-state index is 14.5. The SMILES string of the molecule is CC1(C)C[C@@]2(C=C(N)C1=O)CCN(C(O)C(F)(F)c1ncccn1)C2. The molecule has 2 atom stereocenters. The normalized spacial score (nSPS) is 28.2. The average Bonchev–Trinajstić information content (AvgIpc) is 2.95. The molecule has 1 unspecified atom stereocenters. The molecule has 1 aromatic heterocycles. The molecule has 2 heterocycles. The first kappa shape index (κ1) is 17.9. The average molecular weight is 352 g/mol. The Kier molecular flexibility index (Phi) is 4.15. The highest BCUT2D eigenvalue weighted by atomic mass is 19.3. The first-order valence-electron chi connectivity index (χ1n) is 8.18. The third-order valence-electron chi connectivity index (χ3n) is 5.08. The summed E-state index contributed by atoms with van der Waals surface area (Å²) in [4.78, 5) is 20.6. The van der Waals surface area contributed by atoms with Gasteiger partial charge in [0.05, 0.1) is 5.70 Å². The van der Waals surface area contributed by atoms with Crippen molar-refractivity contribution < 1.29 is 18.7 Å². The van der Waals surface area contributed by atoms with Gasteiger partial charge >= 0.3 is 5.92 Å². The summed E-state index contributed by atoms with van der Waals surface area (Å²) in [6.07, 6.45) is 3.14. The second-order valence-corrected chi connectivity index (χ2v) is 7.64. The molecule has 0 radical (unpaired) electrons. The number of carbonyl (C=O) groups is 1. The van der Waals surface area contributed by atoms with Gasteiger partial charge < -0.3 is 10.8 Å². The molecule has 0 amide bonds. The number of nitrogens with zero attached hydrogens (tertiary/aromatic N) is 3. The first-order valence-corrected chi connectivity index (χ1v) is 8.18. The van der Waals surface area contributed by atoms with Gasteiger partial charge in [0.25, 0.3) is 0 Å². The predicted molar refractivity (Wildman–Crippen MR) is 86.2 cm³/mol. The number of Topliss-reactive ketones (excluding diaryl/α,β-unsaturated/α-hetero) is 1. The van der Waals surface area contributed by atoms with Crippen LogP contribution in [-0.2, 0) is 10.7 Å². The van der Waals surface area contributed by atoms with E-state index in [1.807, 2.05) is 13.8 Å². The zero-order valence-corrected chi connectivity index (χ0v) is 14.2. The number of alkyl halides is 2. The lowest BCUT2D eigenvalue weighted by Crippen LogP contribution is -2.48. The molecule has 25 heavy (non-hydrogen) atoms. The predicted octanol–water partition coefficient (Wildman–Crippen LogP) is 1.42. The van der Waals surface area contributed by atoms with Gasteiger partial charge in [0, 0.05) is 36.3 Å². The lowest BCUT2D eigenvalue weighted by atomic mass is 9.65. The Balaban J connectivity index is 1.82. The minimum atomic E-state index is -3.60. The van der Waals surface area contributed by atoms with E-state index in [2.05, 4.69) is 9.97 Å². The summed E-state index contributed by atoms with van der Waals surface area (Å²) in [5.74, 6) is -4.43. The van der Waals surface area contributed by atoms with Gasteiger partial charge in [-0.25, -0.2) is 9.97 Å². The maximum Gasteiger partial charge on any atom is 0.345 e. The van der Waals surface area contributed by atoms with Gasteiger partial charge in [-0.3, -0.25) is 9.69 Å². The molecule has 8 heteroatoms. The minimum absolute atomic E-state index is 0.125. The lowest BCUT2D eigenvalue weighted by Gasteiger charge is -2.39. The molecule has 1 aliphatic carbocycles. The summed E-state index contributed by atoms with van der Waals surface area (Å²) in [6, 6.07) is 1.44. The van der Waals surface area contributed by atoms with Gasteiger partial charge in [-0.05, 0) is 18.9 Å². The zero-order chi connectivity index (χ0) is 18.5. The number of nitrogens with two attached hydrogens (primary N) is 1. The summed E-state index contributed by atoms with van der Waals surface area (Å²) in [7, 11) is 0. The van der Waals surface area contributed by atoms with E-state index in [0.717, 1.165) is 0 Å². The van der Waals surface area contributed by atoms with Gasteiger partial charge in [0.2, 0.25) is 5.82 Å². The summed E-state index contributed by atoms with van der Waals surface area (Å²) < 4.78 is 29.1. The van der Waals surface area contributed by atoms with E-state index in [4.69, 9.17) is 5.73 Å². The van der Waals surface area contributed by atoms with Crippen molar-refractivity contribution in [3.63, 3.8) is 0 Å². The fourth-order valence-corrected chi connectivity index (χ4v) is 4.01. The number of carbonyl (C=O) groups excluding carboxylic acids is 1. The van der Waals surface area contributed by atoms with Gasteiger partial charge in [0.1, 0.15) is 0 Å². The van der Waals surface area contributed by atoms with Crippen LogP contribution in [-0.4, -0.2) is 45.1 Å². The Labute approximate surface area is 144 Å². The van der Waals surface area contributed by atoms with Gasteiger partial charge in [-0.2, -0.15) is 8.78 Å². The standard InChI is InChI=1S/C17H22F2N4O2/c1-15(2)9-16(8-11(20)12(15)24)4-7-23(10-16)14(25)17(18,19)13-21-5-3-6-22-13/h3,5-6,8,14,25H,4,7,9-10,20H2,1-2H3/t14?,16-/m0/s1. The van der Waals surface area contributed by atoms with Gasteiger partial charge in [-0.15, -0.1) is 0 Å². The molecule has 0 bridgehead atoms. The van der Waals surface area contributed by atoms with Crippen LogP contribution in [0, 0.1) is 10.8 Å². The minimum Gasteiger partial charge on any atom is -0.396 e. The second-order valence-electron chi connectivity index (χ2n) is 7.64. The number of likely N-dealkylation sites (tertiary alicyclic amines) is 1. The Morgan fingerprint density at radius 2 is 2.00 bits per heavy atom. The Bertz CT molecular complexity index is 708. The fourth-order valence-electron chi connectivity index (χ4n) is 4.01. The summed E-state index contributed by atoms with van der Waals surface area (Å²) in [6.45, 7) is 4.09. The van der Waals surface area contributed by atoms with E-state index < -0.39 is 28.8 Å². The van der Waals surface area contributed by atoms with Crippen LogP contribution in [0.3, 0.4) is 0 Å². The molecule has 2 aliphatic rings. The molecular formula is C17H22F2N4O2. The number of aromatic nitrogens is 2. The number of hydrogen-bond acceptors (Lipinski definition) is 6. The molecule has 6 nitrogen and oxygen atoms in total. The summed E-state index contributed by atoms with van der Waals surface area (Å²) in [5.41, 5.74) is 4.90. The third kappa shape index (κ3) is 3.04. The van der Waals surface area contributed by atoms with Gasteiger partial charge in [-0.1, -0.05) is 19.9 Å². The number of hydrogen-bond donors (Lipinski definition) is 2. The van der Waals surface area contributed by atoms with E-state index in [1.54, 1.807) is 6.08 Å². The van der Waals surface area contributed by atoms with Crippen LogP contribution < -0.4 is 5.73 Å². The van der Waals surface area contributed by atoms with Crippen molar-refractivity contribution in [2.45, 2.75) is 38.8 Å². The van der Waals surface area contributed by atoms with Crippen molar-refractivity contribution in [3.8, 4) is 0 Å². The maximum atomic E-state index is 14.5. The van der Waals surface area contributed by atoms with Crippen LogP contribution in [0.25, 0.3) is 0 Å². The summed E-state index contributed by atoms with van der Waals surface area (Å²) in [5, 5.41) is 10.3. The van der Waals surface area contributed by atoms with Crippen LogP contribution in [0.5, 0.6) is 0 Å². The number of halogens is 2. The van der Waals surface area contributed by atoms with Crippen LogP contribution in [0.1, 0.15) is 32.5 Å². The molecule has 1 aromatic rings. The molecule has 136 valence electrons. The van der Waals surface area contributed by atoms with Crippen molar-refractivity contribution in [2.24, 2.45) is 16.6 Å². The molecule has 3 N–H and O–H groups in total. The van der Waals surface area contributed by atoms with Crippen LogP contribution in [0.15, 0.2) is 30.2 Å². The molecule has 0 saturated carbocycles.